The summed E-state index contributed by atoms with van der Waals surface area (Å²) in [7, 11) is 0. The predicted molar refractivity (Wildman–Crippen MR) is 97.1 cm³/mol. The molecule has 2 N–H and O–H groups in total. The van der Waals surface area contributed by atoms with Crippen molar-refractivity contribution in [3.8, 4) is 5.69 Å². The average molecular weight is 341 g/mol. The zero-order valence-electron chi connectivity index (χ0n) is 13.4. The standard InChI is InChI=1S/C18H17ClN4O/c1-12-3-4-13(2)17(9-12)22-18(24)21-15-5-7-16(8-6-15)23-11-14(19)10-20-23/h3-11H,1-2H3,(H2,21,22,24). The van der Waals surface area contributed by atoms with Crippen LogP contribution in [0.1, 0.15) is 11.1 Å². The third-order valence-electron chi connectivity index (χ3n) is 3.58. The SMILES string of the molecule is Cc1ccc(C)c(NC(=O)Nc2ccc(-n3cc(Cl)cn3)cc2)c1. The Kier molecular flexibility index (Phi) is 4.53. The van der Waals surface area contributed by atoms with Gasteiger partial charge in [-0.05, 0) is 55.3 Å². The number of urea groups is 1. The summed E-state index contributed by atoms with van der Waals surface area (Å²) in [6.45, 7) is 3.95. The lowest BCUT2D eigenvalue weighted by Crippen LogP contribution is -2.20. The number of hydrogen-bond acceptors (Lipinski definition) is 2. The van der Waals surface area contributed by atoms with Crippen LogP contribution in [0.4, 0.5) is 16.2 Å². The summed E-state index contributed by atoms with van der Waals surface area (Å²) >= 11 is 5.86. The van der Waals surface area contributed by atoms with Crippen LogP contribution >= 0.6 is 11.6 Å². The van der Waals surface area contributed by atoms with E-state index in [1.807, 2.05) is 56.3 Å². The lowest BCUT2D eigenvalue weighted by Gasteiger charge is -2.11. The first-order valence-corrected chi connectivity index (χ1v) is 7.85. The molecule has 0 aliphatic heterocycles. The molecule has 6 heteroatoms. The fourth-order valence-electron chi connectivity index (χ4n) is 2.29. The van der Waals surface area contributed by atoms with Crippen LogP contribution < -0.4 is 10.6 Å². The number of rotatable bonds is 3. The largest absolute Gasteiger partial charge is 0.323 e. The highest BCUT2D eigenvalue weighted by Gasteiger charge is 2.06. The predicted octanol–water partition coefficient (Wildman–Crippen LogP) is 4.79. The minimum Gasteiger partial charge on any atom is -0.308 e. The quantitative estimate of drug-likeness (QED) is 0.720. The van der Waals surface area contributed by atoms with Gasteiger partial charge in [-0.3, -0.25) is 0 Å². The van der Waals surface area contributed by atoms with Crippen molar-refractivity contribution in [1.29, 1.82) is 0 Å². The number of carbonyl (C=O) groups is 1. The van der Waals surface area contributed by atoms with Crippen LogP contribution in [0.3, 0.4) is 0 Å². The number of nitrogens with one attached hydrogen (secondary N) is 2. The summed E-state index contributed by atoms with van der Waals surface area (Å²) in [5.74, 6) is 0. The third-order valence-corrected chi connectivity index (χ3v) is 3.78. The monoisotopic (exact) mass is 340 g/mol. The molecule has 0 aliphatic rings. The molecule has 0 atom stereocenters. The van der Waals surface area contributed by atoms with Crippen molar-refractivity contribution >= 4 is 29.0 Å². The molecule has 0 saturated carbocycles. The third kappa shape index (κ3) is 3.75. The Morgan fingerprint density at radius 1 is 1.08 bits per heavy atom. The van der Waals surface area contributed by atoms with E-state index < -0.39 is 0 Å². The van der Waals surface area contributed by atoms with Gasteiger partial charge in [0.05, 0.1) is 16.9 Å². The van der Waals surface area contributed by atoms with Crippen molar-refractivity contribution in [2.75, 3.05) is 10.6 Å². The summed E-state index contributed by atoms with van der Waals surface area (Å²) in [5, 5.41) is 10.4. The zero-order valence-corrected chi connectivity index (χ0v) is 14.1. The van der Waals surface area contributed by atoms with Crippen molar-refractivity contribution in [3.63, 3.8) is 0 Å². The zero-order chi connectivity index (χ0) is 17.1. The topological polar surface area (TPSA) is 59.0 Å². The number of carbonyl (C=O) groups excluding carboxylic acids is 1. The Bertz CT molecular complexity index is 871. The van der Waals surface area contributed by atoms with Crippen LogP contribution in [-0.4, -0.2) is 15.8 Å². The second kappa shape index (κ2) is 6.76. The summed E-state index contributed by atoms with van der Waals surface area (Å²) in [6, 6.07) is 13.0. The molecule has 0 unspecified atom stereocenters. The maximum Gasteiger partial charge on any atom is 0.323 e. The van der Waals surface area contributed by atoms with Gasteiger partial charge in [0.25, 0.3) is 0 Å². The first-order valence-electron chi connectivity index (χ1n) is 7.47. The van der Waals surface area contributed by atoms with E-state index in [0.29, 0.717) is 10.7 Å². The first-order chi connectivity index (χ1) is 11.5. The molecule has 0 spiro atoms. The molecule has 1 aromatic heterocycles. The molecule has 3 rings (SSSR count). The van der Waals surface area contributed by atoms with E-state index in [9.17, 15) is 4.79 Å². The number of halogens is 1. The highest BCUT2D eigenvalue weighted by Crippen LogP contribution is 2.18. The van der Waals surface area contributed by atoms with Gasteiger partial charge >= 0.3 is 6.03 Å². The van der Waals surface area contributed by atoms with Crippen LogP contribution in [0.5, 0.6) is 0 Å². The lowest BCUT2D eigenvalue weighted by atomic mass is 10.1. The van der Waals surface area contributed by atoms with Gasteiger partial charge in [-0.15, -0.1) is 0 Å². The normalized spacial score (nSPS) is 10.5. The maximum atomic E-state index is 12.1. The molecule has 3 aromatic rings. The Labute approximate surface area is 145 Å². The van der Waals surface area contributed by atoms with E-state index in [2.05, 4.69) is 15.7 Å². The van der Waals surface area contributed by atoms with Gasteiger partial charge in [0.2, 0.25) is 0 Å². The molecule has 0 radical (unpaired) electrons. The molecule has 2 amide bonds. The van der Waals surface area contributed by atoms with Crippen molar-refractivity contribution in [2.45, 2.75) is 13.8 Å². The van der Waals surface area contributed by atoms with Gasteiger partial charge < -0.3 is 10.6 Å². The average Bonchev–Trinajstić information content (AvgIpc) is 2.98. The first kappa shape index (κ1) is 16.1. The van der Waals surface area contributed by atoms with Crippen molar-refractivity contribution < 1.29 is 4.79 Å². The number of hydrogen-bond donors (Lipinski definition) is 2. The van der Waals surface area contributed by atoms with Crippen LogP contribution in [0, 0.1) is 13.8 Å². The number of anilines is 2. The smallest absolute Gasteiger partial charge is 0.308 e. The fraction of sp³-hybridized carbons (Fsp3) is 0.111. The van der Waals surface area contributed by atoms with Gasteiger partial charge in [-0.1, -0.05) is 23.7 Å². The van der Waals surface area contributed by atoms with Gasteiger partial charge in [0.15, 0.2) is 0 Å². The van der Waals surface area contributed by atoms with Crippen molar-refractivity contribution in [3.05, 3.63) is 71.0 Å². The van der Waals surface area contributed by atoms with E-state index in [0.717, 1.165) is 22.5 Å². The molecule has 1 heterocycles. The highest BCUT2D eigenvalue weighted by molar-refractivity contribution is 6.30. The number of nitrogens with zero attached hydrogens (tertiary/aromatic N) is 2. The lowest BCUT2D eigenvalue weighted by molar-refractivity contribution is 0.262. The van der Waals surface area contributed by atoms with Crippen molar-refractivity contribution in [1.82, 2.24) is 9.78 Å². The molecule has 2 aromatic carbocycles. The molecule has 0 bridgehead atoms. The van der Waals surface area contributed by atoms with E-state index in [4.69, 9.17) is 11.6 Å². The number of amides is 2. The van der Waals surface area contributed by atoms with E-state index >= 15 is 0 Å². The number of aryl methyl sites for hydroxylation is 2. The van der Waals surface area contributed by atoms with Gasteiger partial charge in [0.1, 0.15) is 0 Å². The Hall–Kier alpha value is -2.79. The molecule has 122 valence electrons. The van der Waals surface area contributed by atoms with E-state index in [1.54, 1.807) is 17.1 Å². The second-order valence-corrected chi connectivity index (χ2v) is 5.98. The molecule has 0 fully saturated rings. The molecule has 0 aliphatic carbocycles. The molecule has 24 heavy (non-hydrogen) atoms. The minimum atomic E-state index is -0.279. The fourth-order valence-corrected chi connectivity index (χ4v) is 2.43. The number of aromatic nitrogens is 2. The van der Waals surface area contributed by atoms with Crippen LogP contribution in [0.2, 0.25) is 5.02 Å². The Morgan fingerprint density at radius 3 is 2.50 bits per heavy atom. The Balaban J connectivity index is 1.67. The minimum absolute atomic E-state index is 0.279. The molecule has 5 nitrogen and oxygen atoms in total. The molecular formula is C18H17ClN4O. The van der Waals surface area contributed by atoms with Crippen molar-refractivity contribution in [2.24, 2.45) is 0 Å². The van der Waals surface area contributed by atoms with Crippen LogP contribution in [0.25, 0.3) is 5.69 Å². The second-order valence-electron chi connectivity index (χ2n) is 5.55. The molecule has 0 saturated heterocycles. The summed E-state index contributed by atoms with van der Waals surface area (Å²) in [6.07, 6.45) is 3.29. The van der Waals surface area contributed by atoms with Crippen LogP contribution in [-0.2, 0) is 0 Å². The van der Waals surface area contributed by atoms with E-state index in [1.165, 1.54) is 0 Å². The van der Waals surface area contributed by atoms with Gasteiger partial charge in [-0.25, -0.2) is 9.48 Å². The number of benzene rings is 2. The molecular weight excluding hydrogens is 324 g/mol. The summed E-state index contributed by atoms with van der Waals surface area (Å²) in [4.78, 5) is 12.1. The van der Waals surface area contributed by atoms with Gasteiger partial charge in [-0.2, -0.15) is 5.10 Å². The van der Waals surface area contributed by atoms with E-state index in [-0.39, 0.29) is 6.03 Å². The highest BCUT2D eigenvalue weighted by atomic mass is 35.5. The summed E-state index contributed by atoms with van der Waals surface area (Å²) in [5.41, 5.74) is 4.47. The van der Waals surface area contributed by atoms with Crippen LogP contribution in [0.15, 0.2) is 54.9 Å². The summed E-state index contributed by atoms with van der Waals surface area (Å²) < 4.78 is 1.67. The van der Waals surface area contributed by atoms with Gasteiger partial charge in [0, 0.05) is 17.6 Å². The Morgan fingerprint density at radius 2 is 1.83 bits per heavy atom. The maximum absolute atomic E-state index is 12.1.